The van der Waals surface area contributed by atoms with Gasteiger partial charge in [-0.2, -0.15) is 0 Å². The van der Waals surface area contributed by atoms with Crippen LogP contribution in [0.1, 0.15) is 11.1 Å². The van der Waals surface area contributed by atoms with Crippen molar-refractivity contribution in [3.8, 4) is 11.5 Å². The Labute approximate surface area is 172 Å². The molecule has 0 radical (unpaired) electrons. The summed E-state index contributed by atoms with van der Waals surface area (Å²) in [6.45, 7) is 3.92. The molecule has 2 aromatic rings. The summed E-state index contributed by atoms with van der Waals surface area (Å²) in [6, 6.07) is 13.9. The maximum atomic E-state index is 12.5. The third kappa shape index (κ3) is 5.51. The van der Waals surface area contributed by atoms with Crippen LogP contribution >= 0.6 is 0 Å². The van der Waals surface area contributed by atoms with Gasteiger partial charge in [0.05, 0.1) is 27.4 Å². The molecular weight excluding hydrogens is 368 g/mol. The Morgan fingerprint density at radius 1 is 1.07 bits per heavy atom. The largest absolute Gasteiger partial charge is 0.493 e. The molecule has 0 bridgehead atoms. The molecule has 6 heteroatoms. The molecule has 29 heavy (non-hydrogen) atoms. The van der Waals surface area contributed by atoms with Crippen LogP contribution in [0, 0.1) is 0 Å². The van der Waals surface area contributed by atoms with Gasteiger partial charge in [-0.05, 0) is 41.5 Å². The second-order valence-electron chi connectivity index (χ2n) is 6.91. The molecule has 2 aromatic carbocycles. The SMILES string of the molecule is COc1ccc(/C=C/C(=O)N(C)Cc2ccc(N3CCOCC3)cc2)cc1OC. The van der Waals surface area contributed by atoms with Crippen LogP contribution in [0.2, 0.25) is 0 Å². The second kappa shape index (κ2) is 9.98. The summed E-state index contributed by atoms with van der Waals surface area (Å²) in [7, 11) is 4.99. The van der Waals surface area contributed by atoms with Crippen molar-refractivity contribution in [2.45, 2.75) is 6.54 Å². The Morgan fingerprint density at radius 3 is 2.41 bits per heavy atom. The molecule has 1 aliphatic heterocycles. The maximum absolute atomic E-state index is 12.5. The number of methoxy groups -OCH3 is 2. The van der Waals surface area contributed by atoms with E-state index >= 15 is 0 Å². The highest BCUT2D eigenvalue weighted by molar-refractivity contribution is 5.91. The molecule has 0 aromatic heterocycles. The van der Waals surface area contributed by atoms with Gasteiger partial charge in [0.1, 0.15) is 0 Å². The smallest absolute Gasteiger partial charge is 0.246 e. The molecule has 6 nitrogen and oxygen atoms in total. The van der Waals surface area contributed by atoms with Gasteiger partial charge in [-0.25, -0.2) is 0 Å². The number of benzene rings is 2. The van der Waals surface area contributed by atoms with Crippen LogP contribution in [0.5, 0.6) is 11.5 Å². The van der Waals surface area contributed by atoms with Crippen molar-refractivity contribution in [1.29, 1.82) is 0 Å². The predicted octanol–water partition coefficient (Wildman–Crippen LogP) is 3.21. The van der Waals surface area contributed by atoms with Crippen molar-refractivity contribution in [2.75, 3.05) is 52.5 Å². The van der Waals surface area contributed by atoms with Crippen LogP contribution in [-0.4, -0.2) is 58.4 Å². The molecular formula is C23H28N2O4. The third-order valence-corrected chi connectivity index (χ3v) is 4.93. The summed E-state index contributed by atoms with van der Waals surface area (Å²) < 4.78 is 15.9. The van der Waals surface area contributed by atoms with E-state index in [1.54, 1.807) is 38.3 Å². The highest BCUT2D eigenvalue weighted by Gasteiger charge is 2.12. The van der Waals surface area contributed by atoms with E-state index in [9.17, 15) is 4.79 Å². The van der Waals surface area contributed by atoms with Crippen LogP contribution in [-0.2, 0) is 16.1 Å². The summed E-state index contributed by atoms with van der Waals surface area (Å²) in [5, 5.41) is 0. The first-order chi connectivity index (χ1) is 14.1. The minimum absolute atomic E-state index is 0.0583. The molecule has 1 fully saturated rings. The van der Waals surface area contributed by atoms with E-state index in [-0.39, 0.29) is 5.91 Å². The quantitative estimate of drug-likeness (QED) is 0.673. The van der Waals surface area contributed by atoms with E-state index in [2.05, 4.69) is 29.2 Å². The number of likely N-dealkylation sites (N-methyl/N-ethyl adjacent to an activating group) is 1. The number of carbonyl (C=O) groups is 1. The predicted molar refractivity (Wildman–Crippen MR) is 115 cm³/mol. The van der Waals surface area contributed by atoms with E-state index in [0.29, 0.717) is 18.0 Å². The Bertz CT molecular complexity index is 842. The van der Waals surface area contributed by atoms with Gasteiger partial charge in [-0.15, -0.1) is 0 Å². The lowest BCUT2D eigenvalue weighted by molar-refractivity contribution is -0.125. The number of carbonyl (C=O) groups excluding carboxylic acids is 1. The number of hydrogen-bond donors (Lipinski definition) is 0. The third-order valence-electron chi connectivity index (χ3n) is 4.93. The fourth-order valence-corrected chi connectivity index (χ4v) is 3.24. The van der Waals surface area contributed by atoms with Crippen LogP contribution in [0.15, 0.2) is 48.5 Å². The molecule has 154 valence electrons. The van der Waals surface area contributed by atoms with Gasteiger partial charge in [0.25, 0.3) is 0 Å². The summed E-state index contributed by atoms with van der Waals surface area (Å²) in [5.41, 5.74) is 3.16. The van der Waals surface area contributed by atoms with E-state index in [0.717, 1.165) is 37.4 Å². The molecule has 1 amide bonds. The van der Waals surface area contributed by atoms with Crippen molar-refractivity contribution >= 4 is 17.7 Å². The van der Waals surface area contributed by atoms with Crippen molar-refractivity contribution in [3.05, 3.63) is 59.7 Å². The number of ether oxygens (including phenoxy) is 3. The number of morpholine rings is 1. The Hall–Kier alpha value is -2.99. The number of anilines is 1. The zero-order chi connectivity index (χ0) is 20.6. The second-order valence-corrected chi connectivity index (χ2v) is 6.91. The van der Waals surface area contributed by atoms with Crippen LogP contribution in [0.25, 0.3) is 6.08 Å². The number of amides is 1. The van der Waals surface area contributed by atoms with Crippen molar-refractivity contribution < 1.29 is 19.0 Å². The standard InChI is InChI=1S/C23H28N2O4/c1-24(17-19-4-8-20(9-5-19)25-12-14-29-15-13-25)23(26)11-7-18-6-10-21(27-2)22(16-18)28-3/h4-11,16H,12-15,17H2,1-3H3/b11-7+. The van der Waals surface area contributed by atoms with Crippen LogP contribution in [0.4, 0.5) is 5.69 Å². The summed E-state index contributed by atoms with van der Waals surface area (Å²) >= 11 is 0. The van der Waals surface area contributed by atoms with E-state index < -0.39 is 0 Å². The topological polar surface area (TPSA) is 51.2 Å². The Kier molecular flexibility index (Phi) is 7.14. The van der Waals surface area contributed by atoms with Gasteiger partial charge in [0.15, 0.2) is 11.5 Å². The first-order valence-electron chi connectivity index (χ1n) is 9.67. The zero-order valence-electron chi connectivity index (χ0n) is 17.3. The molecule has 0 unspecified atom stereocenters. The molecule has 0 spiro atoms. The highest BCUT2D eigenvalue weighted by Crippen LogP contribution is 2.28. The average molecular weight is 396 g/mol. The first kappa shape index (κ1) is 20.7. The van der Waals surface area contributed by atoms with Gasteiger partial charge in [0.2, 0.25) is 5.91 Å². The van der Waals surface area contributed by atoms with Crippen molar-refractivity contribution in [2.24, 2.45) is 0 Å². The van der Waals surface area contributed by atoms with E-state index in [1.165, 1.54) is 5.69 Å². The van der Waals surface area contributed by atoms with Gasteiger partial charge < -0.3 is 24.0 Å². The molecule has 0 N–H and O–H groups in total. The molecule has 0 aliphatic carbocycles. The molecule has 1 heterocycles. The molecule has 1 aliphatic rings. The first-order valence-corrected chi connectivity index (χ1v) is 9.67. The Balaban J connectivity index is 1.58. The zero-order valence-corrected chi connectivity index (χ0v) is 17.3. The maximum Gasteiger partial charge on any atom is 0.246 e. The minimum atomic E-state index is -0.0583. The van der Waals surface area contributed by atoms with Crippen molar-refractivity contribution in [3.63, 3.8) is 0 Å². The highest BCUT2D eigenvalue weighted by atomic mass is 16.5. The van der Waals surface area contributed by atoms with Gasteiger partial charge >= 0.3 is 0 Å². The lowest BCUT2D eigenvalue weighted by Crippen LogP contribution is -2.36. The normalized spacial score (nSPS) is 14.1. The average Bonchev–Trinajstić information content (AvgIpc) is 2.78. The molecule has 1 saturated heterocycles. The van der Waals surface area contributed by atoms with Gasteiger partial charge in [-0.3, -0.25) is 4.79 Å². The van der Waals surface area contributed by atoms with Crippen LogP contribution < -0.4 is 14.4 Å². The lowest BCUT2D eigenvalue weighted by Gasteiger charge is -2.29. The Morgan fingerprint density at radius 2 is 1.76 bits per heavy atom. The summed E-state index contributed by atoms with van der Waals surface area (Å²) in [6.07, 6.45) is 3.35. The fraction of sp³-hybridized carbons (Fsp3) is 0.348. The minimum Gasteiger partial charge on any atom is -0.493 e. The number of nitrogens with zero attached hydrogens (tertiary/aromatic N) is 2. The number of hydrogen-bond acceptors (Lipinski definition) is 5. The van der Waals surface area contributed by atoms with E-state index in [1.807, 2.05) is 18.2 Å². The van der Waals surface area contributed by atoms with Gasteiger partial charge in [-0.1, -0.05) is 18.2 Å². The van der Waals surface area contributed by atoms with Crippen LogP contribution in [0.3, 0.4) is 0 Å². The summed E-state index contributed by atoms with van der Waals surface area (Å²) in [5.74, 6) is 1.24. The monoisotopic (exact) mass is 396 g/mol. The number of rotatable bonds is 7. The fourth-order valence-electron chi connectivity index (χ4n) is 3.24. The molecule has 0 saturated carbocycles. The van der Waals surface area contributed by atoms with Crippen molar-refractivity contribution in [1.82, 2.24) is 4.90 Å². The molecule has 0 atom stereocenters. The van der Waals surface area contributed by atoms with Gasteiger partial charge in [0, 0.05) is 38.4 Å². The summed E-state index contributed by atoms with van der Waals surface area (Å²) in [4.78, 5) is 16.5. The van der Waals surface area contributed by atoms with E-state index in [4.69, 9.17) is 14.2 Å². The lowest BCUT2D eigenvalue weighted by atomic mass is 10.1. The molecule has 3 rings (SSSR count).